The highest BCUT2D eigenvalue weighted by atomic mass is 35.5. The fourth-order valence-corrected chi connectivity index (χ4v) is 4.11. The fraction of sp³-hybridized carbons (Fsp3) is 0.222. The molecule has 2 nitrogen and oxygen atoms in total. The van der Waals surface area contributed by atoms with Gasteiger partial charge in [-0.2, -0.15) is 0 Å². The van der Waals surface area contributed by atoms with Crippen LogP contribution in [0, 0.1) is 5.92 Å². The summed E-state index contributed by atoms with van der Waals surface area (Å²) >= 11 is 12.7. The average Bonchev–Trinajstić information content (AvgIpc) is 2.99. The zero-order valence-electron chi connectivity index (χ0n) is 11.9. The minimum absolute atomic E-state index is 0.155. The lowest BCUT2D eigenvalue weighted by molar-refractivity contribution is 0.426. The summed E-state index contributed by atoms with van der Waals surface area (Å²) in [7, 11) is 0. The Balaban J connectivity index is 1.83. The van der Waals surface area contributed by atoms with Crippen LogP contribution in [-0.4, -0.2) is 0 Å². The first-order valence-electron chi connectivity index (χ1n) is 7.41. The van der Waals surface area contributed by atoms with Crippen LogP contribution in [0.2, 0.25) is 10.0 Å². The second-order valence-corrected chi connectivity index (χ2v) is 6.75. The molecule has 0 fully saturated rings. The van der Waals surface area contributed by atoms with Gasteiger partial charge in [-0.15, -0.1) is 0 Å². The lowest BCUT2D eigenvalue weighted by Gasteiger charge is -2.38. The number of nitrogens with two attached hydrogens (primary N) is 1. The standard InChI is InChI=1S/C18H16Cl2N2/c19-15-6-2-5-13(17(15)20)18-12-4-1-3-11(12)14-9-10(21)7-8-16(14)22-18/h1-3,5-9,11-12,18,22H,4,21H2. The van der Waals surface area contributed by atoms with E-state index in [0.29, 0.717) is 21.9 Å². The Morgan fingerprint density at radius 3 is 2.82 bits per heavy atom. The summed E-state index contributed by atoms with van der Waals surface area (Å²) < 4.78 is 0. The lowest BCUT2D eigenvalue weighted by Crippen LogP contribution is -2.29. The Bertz CT molecular complexity index is 770. The number of hydrogen-bond acceptors (Lipinski definition) is 2. The third-order valence-electron chi connectivity index (χ3n) is 4.70. The molecular formula is C18H16Cl2N2. The van der Waals surface area contributed by atoms with Crippen molar-refractivity contribution in [3.63, 3.8) is 0 Å². The predicted octanol–water partition coefficient (Wildman–Crippen LogP) is 5.40. The molecular weight excluding hydrogens is 315 g/mol. The molecule has 0 spiro atoms. The van der Waals surface area contributed by atoms with Crippen molar-refractivity contribution in [2.24, 2.45) is 5.92 Å². The first-order chi connectivity index (χ1) is 10.6. The van der Waals surface area contributed by atoms with E-state index in [1.165, 1.54) is 5.56 Å². The smallest absolute Gasteiger partial charge is 0.0645 e. The van der Waals surface area contributed by atoms with Crippen LogP contribution in [0.3, 0.4) is 0 Å². The van der Waals surface area contributed by atoms with E-state index in [9.17, 15) is 0 Å². The maximum absolute atomic E-state index is 6.46. The van der Waals surface area contributed by atoms with Crippen molar-refractivity contribution < 1.29 is 0 Å². The zero-order valence-corrected chi connectivity index (χ0v) is 13.4. The van der Waals surface area contributed by atoms with Gasteiger partial charge in [0.2, 0.25) is 0 Å². The molecule has 112 valence electrons. The van der Waals surface area contributed by atoms with Crippen molar-refractivity contribution in [3.05, 3.63) is 69.7 Å². The molecule has 0 saturated heterocycles. The average molecular weight is 331 g/mol. The molecule has 22 heavy (non-hydrogen) atoms. The number of nitrogens with one attached hydrogen (secondary N) is 1. The molecule has 3 N–H and O–H groups in total. The molecule has 0 amide bonds. The highest BCUT2D eigenvalue weighted by molar-refractivity contribution is 6.42. The first-order valence-corrected chi connectivity index (χ1v) is 8.17. The molecule has 0 saturated carbocycles. The van der Waals surface area contributed by atoms with Crippen LogP contribution in [0.5, 0.6) is 0 Å². The zero-order chi connectivity index (χ0) is 15.3. The van der Waals surface area contributed by atoms with Crippen LogP contribution < -0.4 is 11.1 Å². The van der Waals surface area contributed by atoms with Crippen LogP contribution in [0.25, 0.3) is 0 Å². The molecule has 1 heterocycles. The van der Waals surface area contributed by atoms with Crippen molar-refractivity contribution in [3.8, 4) is 0 Å². The predicted molar refractivity (Wildman–Crippen MR) is 93.7 cm³/mol. The number of rotatable bonds is 1. The van der Waals surface area contributed by atoms with Crippen molar-refractivity contribution in [2.75, 3.05) is 11.1 Å². The molecule has 2 aromatic rings. The van der Waals surface area contributed by atoms with E-state index in [1.54, 1.807) is 0 Å². The number of anilines is 2. The van der Waals surface area contributed by atoms with Gasteiger partial charge in [-0.1, -0.05) is 47.5 Å². The van der Waals surface area contributed by atoms with E-state index in [-0.39, 0.29) is 6.04 Å². The molecule has 0 bridgehead atoms. The van der Waals surface area contributed by atoms with Gasteiger partial charge < -0.3 is 11.1 Å². The summed E-state index contributed by atoms with van der Waals surface area (Å²) in [4.78, 5) is 0. The fourth-order valence-electron chi connectivity index (χ4n) is 3.68. The van der Waals surface area contributed by atoms with Crippen LogP contribution >= 0.6 is 23.2 Å². The van der Waals surface area contributed by atoms with Crippen molar-refractivity contribution in [1.82, 2.24) is 0 Å². The minimum Gasteiger partial charge on any atom is -0.399 e. The number of halogens is 2. The van der Waals surface area contributed by atoms with Gasteiger partial charge in [0.25, 0.3) is 0 Å². The monoisotopic (exact) mass is 330 g/mol. The molecule has 1 aliphatic heterocycles. The third kappa shape index (κ3) is 2.10. The van der Waals surface area contributed by atoms with Gasteiger partial charge >= 0.3 is 0 Å². The molecule has 0 aromatic heterocycles. The summed E-state index contributed by atoms with van der Waals surface area (Å²) in [5.74, 6) is 0.810. The molecule has 4 heteroatoms. The third-order valence-corrected chi connectivity index (χ3v) is 5.54. The summed E-state index contributed by atoms with van der Waals surface area (Å²) in [5, 5.41) is 4.89. The molecule has 4 rings (SSSR count). The van der Waals surface area contributed by atoms with E-state index in [1.807, 2.05) is 18.2 Å². The van der Waals surface area contributed by atoms with E-state index < -0.39 is 0 Å². The largest absolute Gasteiger partial charge is 0.399 e. The number of benzene rings is 2. The molecule has 3 unspecified atom stereocenters. The minimum atomic E-state index is 0.155. The molecule has 1 aliphatic carbocycles. The van der Waals surface area contributed by atoms with E-state index in [0.717, 1.165) is 23.4 Å². The SMILES string of the molecule is Nc1ccc2c(c1)C1C=CCC1C(c1cccc(Cl)c1Cl)N2. The highest BCUT2D eigenvalue weighted by Crippen LogP contribution is 2.51. The van der Waals surface area contributed by atoms with Crippen LogP contribution in [-0.2, 0) is 0 Å². The van der Waals surface area contributed by atoms with Gasteiger partial charge in [0, 0.05) is 17.3 Å². The van der Waals surface area contributed by atoms with Gasteiger partial charge in [-0.05, 0) is 47.7 Å². The number of fused-ring (bicyclic) bond motifs is 3. The van der Waals surface area contributed by atoms with E-state index in [2.05, 4.69) is 35.7 Å². The number of nitrogen functional groups attached to an aromatic ring is 1. The summed E-state index contributed by atoms with van der Waals surface area (Å²) in [6.07, 6.45) is 5.56. The Kier molecular flexibility index (Phi) is 3.32. The van der Waals surface area contributed by atoms with E-state index >= 15 is 0 Å². The van der Waals surface area contributed by atoms with Gasteiger partial charge in [0.15, 0.2) is 0 Å². The Morgan fingerprint density at radius 1 is 1.09 bits per heavy atom. The Hall–Kier alpha value is -1.64. The molecule has 2 aliphatic rings. The molecule has 0 radical (unpaired) electrons. The van der Waals surface area contributed by atoms with E-state index in [4.69, 9.17) is 28.9 Å². The number of hydrogen-bond donors (Lipinski definition) is 2. The normalized spacial score (nSPS) is 25.5. The van der Waals surface area contributed by atoms with Crippen molar-refractivity contribution >= 4 is 34.6 Å². The van der Waals surface area contributed by atoms with Crippen LogP contribution in [0.1, 0.15) is 29.5 Å². The first kappa shape index (κ1) is 14.0. The van der Waals surface area contributed by atoms with Gasteiger partial charge in [0.1, 0.15) is 0 Å². The number of allylic oxidation sites excluding steroid dienone is 2. The highest BCUT2D eigenvalue weighted by Gasteiger charge is 2.38. The maximum atomic E-state index is 6.46. The Morgan fingerprint density at radius 2 is 1.95 bits per heavy atom. The Labute approximate surface area is 139 Å². The summed E-state index contributed by atoms with van der Waals surface area (Å²) in [6, 6.07) is 12.1. The van der Waals surface area contributed by atoms with Crippen LogP contribution in [0.15, 0.2) is 48.6 Å². The topological polar surface area (TPSA) is 38.0 Å². The summed E-state index contributed by atoms with van der Waals surface area (Å²) in [6.45, 7) is 0. The molecule has 2 aromatic carbocycles. The second kappa shape index (κ2) is 5.22. The van der Waals surface area contributed by atoms with Crippen molar-refractivity contribution in [1.29, 1.82) is 0 Å². The second-order valence-electron chi connectivity index (χ2n) is 5.97. The van der Waals surface area contributed by atoms with Crippen molar-refractivity contribution in [2.45, 2.75) is 18.4 Å². The van der Waals surface area contributed by atoms with Gasteiger partial charge in [-0.25, -0.2) is 0 Å². The summed E-state index contributed by atoms with van der Waals surface area (Å²) in [5.41, 5.74) is 10.2. The van der Waals surface area contributed by atoms with Crippen LogP contribution in [0.4, 0.5) is 11.4 Å². The maximum Gasteiger partial charge on any atom is 0.0645 e. The van der Waals surface area contributed by atoms with Gasteiger partial charge in [0.05, 0.1) is 16.1 Å². The molecule has 3 atom stereocenters. The van der Waals surface area contributed by atoms with Gasteiger partial charge in [-0.3, -0.25) is 0 Å². The quantitative estimate of drug-likeness (QED) is 0.542. The lowest BCUT2D eigenvalue weighted by atomic mass is 9.77.